The second-order valence-corrected chi connectivity index (χ2v) is 9.29. The Morgan fingerprint density at radius 3 is 2.69 bits per heavy atom. The van der Waals surface area contributed by atoms with Gasteiger partial charge in [0.15, 0.2) is 0 Å². The summed E-state index contributed by atoms with van der Waals surface area (Å²) in [6.07, 6.45) is 1.73. The third kappa shape index (κ3) is 4.61. The highest BCUT2D eigenvalue weighted by molar-refractivity contribution is 6.31. The van der Waals surface area contributed by atoms with Crippen LogP contribution in [0.3, 0.4) is 0 Å². The number of aromatic nitrogens is 3. The zero-order valence-corrected chi connectivity index (χ0v) is 20.2. The molecule has 5 rings (SSSR count). The molecule has 35 heavy (non-hydrogen) atoms. The SMILES string of the molecule is CCN[C@@H]1CCN(c2c(-c3cc(F)cc(F)c3)cnc(C)c2-c2nc3ccc(Cl)cc3[nH]2)C[C@@H]1O. The highest BCUT2D eigenvalue weighted by atomic mass is 35.5. The number of hydrogen-bond donors (Lipinski definition) is 3. The summed E-state index contributed by atoms with van der Waals surface area (Å²) >= 11 is 6.18. The standard InChI is InChI=1S/C26H26ClF2N5O/c1-3-30-21-6-7-34(13-23(21)35)25-19(15-8-17(28)11-18(29)9-15)12-31-14(2)24(25)26-32-20-5-4-16(27)10-22(20)33-26/h4-5,8-12,21,23,30,35H,3,6-7,13H2,1-2H3,(H,32,33)/t21-,23+/m1/s1. The van der Waals surface area contributed by atoms with Gasteiger partial charge in [-0.2, -0.15) is 0 Å². The molecule has 2 aromatic carbocycles. The summed E-state index contributed by atoms with van der Waals surface area (Å²) in [7, 11) is 0. The zero-order valence-electron chi connectivity index (χ0n) is 19.4. The third-order valence-corrected chi connectivity index (χ3v) is 6.69. The van der Waals surface area contributed by atoms with Crippen LogP contribution in [0.25, 0.3) is 33.5 Å². The fraction of sp³-hybridized carbons (Fsp3) is 0.308. The lowest BCUT2D eigenvalue weighted by Crippen LogP contribution is -2.53. The van der Waals surface area contributed by atoms with E-state index in [1.54, 1.807) is 18.3 Å². The number of aryl methyl sites for hydroxylation is 1. The van der Waals surface area contributed by atoms with Crippen molar-refractivity contribution in [3.63, 3.8) is 0 Å². The van der Waals surface area contributed by atoms with Crippen LogP contribution in [0, 0.1) is 18.6 Å². The number of imidazole rings is 1. The van der Waals surface area contributed by atoms with Crippen LogP contribution >= 0.6 is 11.6 Å². The number of nitrogens with zero attached hydrogens (tertiary/aromatic N) is 3. The number of aliphatic hydroxyl groups is 1. The second-order valence-electron chi connectivity index (χ2n) is 8.85. The Hall–Kier alpha value is -3.07. The lowest BCUT2D eigenvalue weighted by molar-refractivity contribution is 0.115. The van der Waals surface area contributed by atoms with Gasteiger partial charge in [0.25, 0.3) is 0 Å². The van der Waals surface area contributed by atoms with Crippen molar-refractivity contribution in [2.45, 2.75) is 32.4 Å². The minimum absolute atomic E-state index is 0.0222. The first-order valence-electron chi connectivity index (χ1n) is 11.6. The highest BCUT2D eigenvalue weighted by Gasteiger charge is 2.31. The van der Waals surface area contributed by atoms with Crippen LogP contribution < -0.4 is 10.2 Å². The molecular weight excluding hydrogens is 472 g/mol. The Bertz CT molecular complexity index is 1370. The molecule has 1 fully saturated rings. The van der Waals surface area contributed by atoms with Crippen LogP contribution in [0.1, 0.15) is 19.0 Å². The van der Waals surface area contributed by atoms with E-state index < -0.39 is 17.7 Å². The lowest BCUT2D eigenvalue weighted by atomic mass is 9.95. The van der Waals surface area contributed by atoms with Gasteiger partial charge >= 0.3 is 0 Å². The maximum Gasteiger partial charge on any atom is 0.142 e. The molecule has 0 spiro atoms. The van der Waals surface area contributed by atoms with Gasteiger partial charge in [0.1, 0.15) is 17.5 Å². The molecule has 1 aliphatic heterocycles. The van der Waals surface area contributed by atoms with E-state index in [1.807, 2.05) is 19.9 Å². The number of nitrogens with one attached hydrogen (secondary N) is 2. The number of rotatable bonds is 5. The Labute approximate surface area is 207 Å². The molecule has 3 N–H and O–H groups in total. The molecule has 2 aromatic heterocycles. The van der Waals surface area contributed by atoms with E-state index in [2.05, 4.69) is 20.2 Å². The Kier molecular flexibility index (Phi) is 6.44. The summed E-state index contributed by atoms with van der Waals surface area (Å²) in [5, 5.41) is 14.8. The fourth-order valence-corrected chi connectivity index (χ4v) is 5.03. The average Bonchev–Trinajstić information content (AvgIpc) is 3.22. The minimum atomic E-state index is -0.669. The second kappa shape index (κ2) is 9.53. The van der Waals surface area contributed by atoms with Gasteiger partial charge in [-0.05, 0) is 55.8 Å². The number of fused-ring (bicyclic) bond motifs is 1. The Balaban J connectivity index is 1.71. The molecule has 0 bridgehead atoms. The number of aliphatic hydroxyl groups excluding tert-OH is 1. The molecule has 182 valence electrons. The molecule has 2 atom stereocenters. The van der Waals surface area contributed by atoms with Crippen molar-refractivity contribution in [2.24, 2.45) is 0 Å². The maximum absolute atomic E-state index is 14.2. The number of hydrogen-bond acceptors (Lipinski definition) is 5. The van der Waals surface area contributed by atoms with E-state index in [4.69, 9.17) is 16.6 Å². The summed E-state index contributed by atoms with van der Waals surface area (Å²) in [4.78, 5) is 14.7. The molecule has 0 unspecified atom stereocenters. The predicted octanol–water partition coefficient (Wildman–Crippen LogP) is 5.08. The van der Waals surface area contributed by atoms with Crippen molar-refractivity contribution < 1.29 is 13.9 Å². The zero-order chi connectivity index (χ0) is 24.7. The van der Waals surface area contributed by atoms with Crippen LogP contribution in [0.5, 0.6) is 0 Å². The van der Waals surface area contributed by atoms with Crippen molar-refractivity contribution >= 4 is 28.3 Å². The van der Waals surface area contributed by atoms with Crippen LogP contribution in [0.15, 0.2) is 42.6 Å². The van der Waals surface area contributed by atoms with Gasteiger partial charge in [0, 0.05) is 42.0 Å². The van der Waals surface area contributed by atoms with E-state index in [0.29, 0.717) is 52.7 Å². The van der Waals surface area contributed by atoms with Gasteiger partial charge in [-0.25, -0.2) is 13.8 Å². The first kappa shape index (κ1) is 23.7. The van der Waals surface area contributed by atoms with E-state index in [0.717, 1.165) is 29.3 Å². The number of piperidine rings is 1. The molecule has 4 aromatic rings. The predicted molar refractivity (Wildman–Crippen MR) is 135 cm³/mol. The molecular formula is C26H26ClF2N5O. The molecule has 1 aliphatic rings. The monoisotopic (exact) mass is 497 g/mol. The van der Waals surface area contributed by atoms with Crippen molar-refractivity contribution in [1.82, 2.24) is 20.3 Å². The average molecular weight is 498 g/mol. The number of halogens is 3. The van der Waals surface area contributed by atoms with Gasteiger partial charge in [0.2, 0.25) is 0 Å². The van der Waals surface area contributed by atoms with Crippen molar-refractivity contribution in [2.75, 3.05) is 24.5 Å². The number of anilines is 1. The van der Waals surface area contributed by atoms with Gasteiger partial charge in [-0.3, -0.25) is 4.98 Å². The molecule has 6 nitrogen and oxygen atoms in total. The molecule has 0 amide bonds. The number of β-amino-alcohol motifs (C(OH)–C–C–N with tert-alkyl or cyclic N) is 1. The van der Waals surface area contributed by atoms with Crippen molar-refractivity contribution in [3.8, 4) is 22.5 Å². The molecule has 0 saturated carbocycles. The number of benzene rings is 2. The topological polar surface area (TPSA) is 77.1 Å². The van der Waals surface area contributed by atoms with Crippen LogP contribution in [0.2, 0.25) is 5.02 Å². The number of aromatic amines is 1. The summed E-state index contributed by atoms with van der Waals surface area (Å²) in [6.45, 7) is 5.63. The van der Waals surface area contributed by atoms with Crippen LogP contribution in [-0.2, 0) is 0 Å². The first-order chi connectivity index (χ1) is 16.8. The van der Waals surface area contributed by atoms with Crippen molar-refractivity contribution in [3.05, 3.63) is 64.9 Å². The largest absolute Gasteiger partial charge is 0.390 e. The third-order valence-electron chi connectivity index (χ3n) is 6.46. The van der Waals surface area contributed by atoms with Gasteiger partial charge < -0.3 is 20.3 Å². The van der Waals surface area contributed by atoms with E-state index in [1.165, 1.54) is 12.1 Å². The van der Waals surface area contributed by atoms with Gasteiger partial charge in [0.05, 0.1) is 34.1 Å². The number of likely N-dealkylation sites (N-methyl/N-ethyl adjacent to an activating group) is 1. The normalized spacial score (nSPS) is 18.4. The van der Waals surface area contributed by atoms with Crippen molar-refractivity contribution in [1.29, 1.82) is 0 Å². The lowest BCUT2D eigenvalue weighted by Gasteiger charge is -2.39. The quantitative estimate of drug-likeness (QED) is 0.358. The molecule has 3 heterocycles. The highest BCUT2D eigenvalue weighted by Crippen LogP contribution is 2.42. The number of pyridine rings is 1. The summed E-state index contributed by atoms with van der Waals surface area (Å²) in [5.74, 6) is -0.765. The van der Waals surface area contributed by atoms with E-state index in [9.17, 15) is 13.9 Å². The minimum Gasteiger partial charge on any atom is -0.390 e. The van der Waals surface area contributed by atoms with Crippen LogP contribution in [-0.4, -0.2) is 51.8 Å². The van der Waals surface area contributed by atoms with E-state index in [-0.39, 0.29) is 6.04 Å². The Morgan fingerprint density at radius 2 is 1.97 bits per heavy atom. The summed E-state index contributed by atoms with van der Waals surface area (Å²) in [6, 6.07) is 8.82. The molecule has 1 saturated heterocycles. The summed E-state index contributed by atoms with van der Waals surface area (Å²) < 4.78 is 28.4. The maximum atomic E-state index is 14.2. The first-order valence-corrected chi connectivity index (χ1v) is 12.0. The van der Waals surface area contributed by atoms with E-state index >= 15 is 0 Å². The van der Waals surface area contributed by atoms with Crippen LogP contribution in [0.4, 0.5) is 14.5 Å². The fourth-order valence-electron chi connectivity index (χ4n) is 4.86. The molecule has 0 aliphatic carbocycles. The molecule has 9 heteroatoms. The van der Waals surface area contributed by atoms with Gasteiger partial charge in [-0.1, -0.05) is 18.5 Å². The molecule has 0 radical (unpaired) electrons. The smallest absolute Gasteiger partial charge is 0.142 e. The number of H-pyrrole nitrogens is 1. The Morgan fingerprint density at radius 1 is 1.20 bits per heavy atom. The van der Waals surface area contributed by atoms with Gasteiger partial charge in [-0.15, -0.1) is 0 Å². The summed E-state index contributed by atoms with van der Waals surface area (Å²) in [5.41, 5.74) is 4.59.